The number of hydrogen-bond donors (Lipinski definition) is 2. The number of anilines is 2. The average Bonchev–Trinajstić information content (AvgIpc) is 2.67. The molecule has 27 heavy (non-hydrogen) atoms. The highest BCUT2D eigenvalue weighted by Crippen LogP contribution is 2.27. The minimum absolute atomic E-state index is 0.0176. The van der Waals surface area contributed by atoms with Gasteiger partial charge < -0.3 is 16.0 Å². The number of nitrogens with two attached hydrogens (primary N) is 1. The summed E-state index contributed by atoms with van der Waals surface area (Å²) < 4.78 is 0. The van der Waals surface area contributed by atoms with Gasteiger partial charge in [-0.3, -0.25) is 9.59 Å². The average molecular weight is 365 g/mol. The normalized spacial score (nSPS) is 14.4. The second kappa shape index (κ2) is 8.82. The molecule has 0 saturated carbocycles. The zero-order valence-electron chi connectivity index (χ0n) is 15.8. The van der Waals surface area contributed by atoms with Crippen molar-refractivity contribution in [1.82, 2.24) is 0 Å². The Balaban J connectivity index is 1.59. The van der Waals surface area contributed by atoms with Crippen molar-refractivity contribution >= 4 is 23.2 Å². The van der Waals surface area contributed by atoms with Gasteiger partial charge in [-0.05, 0) is 55.5 Å². The standard InChI is InChI=1S/C22H27N3O2/c1-16(23)8-13-21(26)24-19-11-9-17(10-12-19)15-22(27)25-14-4-6-18-5-2-3-7-20(18)25/h2-3,5,7,9-12,16H,4,6,8,13-15,23H2,1H3,(H,24,26). The summed E-state index contributed by atoms with van der Waals surface area (Å²) in [7, 11) is 0. The van der Waals surface area contributed by atoms with Gasteiger partial charge in [0.25, 0.3) is 0 Å². The van der Waals surface area contributed by atoms with Crippen LogP contribution in [-0.2, 0) is 22.4 Å². The molecule has 2 aromatic carbocycles. The van der Waals surface area contributed by atoms with Gasteiger partial charge in [0.15, 0.2) is 0 Å². The summed E-state index contributed by atoms with van der Waals surface area (Å²) in [6.07, 6.45) is 3.45. The topological polar surface area (TPSA) is 75.4 Å². The molecule has 0 bridgehead atoms. The molecule has 3 N–H and O–H groups in total. The van der Waals surface area contributed by atoms with Crippen molar-refractivity contribution in [1.29, 1.82) is 0 Å². The van der Waals surface area contributed by atoms with Crippen molar-refractivity contribution in [3.63, 3.8) is 0 Å². The summed E-state index contributed by atoms with van der Waals surface area (Å²) in [5.74, 6) is 0.0666. The summed E-state index contributed by atoms with van der Waals surface area (Å²) in [5, 5.41) is 2.86. The predicted molar refractivity (Wildman–Crippen MR) is 109 cm³/mol. The van der Waals surface area contributed by atoms with E-state index in [4.69, 9.17) is 5.73 Å². The first kappa shape index (κ1) is 19.1. The Labute approximate surface area is 160 Å². The molecule has 1 heterocycles. The zero-order valence-corrected chi connectivity index (χ0v) is 15.8. The van der Waals surface area contributed by atoms with E-state index in [1.54, 1.807) is 0 Å². The fraction of sp³-hybridized carbons (Fsp3) is 0.364. The van der Waals surface area contributed by atoms with E-state index < -0.39 is 0 Å². The third-order valence-electron chi connectivity index (χ3n) is 4.83. The van der Waals surface area contributed by atoms with E-state index in [0.717, 1.165) is 36.3 Å². The van der Waals surface area contributed by atoms with E-state index in [0.29, 0.717) is 19.3 Å². The van der Waals surface area contributed by atoms with Crippen molar-refractivity contribution in [2.45, 2.75) is 45.1 Å². The maximum atomic E-state index is 12.8. The minimum atomic E-state index is -0.0407. The fourth-order valence-corrected chi connectivity index (χ4v) is 3.35. The van der Waals surface area contributed by atoms with Gasteiger partial charge in [-0.25, -0.2) is 0 Å². The van der Waals surface area contributed by atoms with Crippen LogP contribution in [0.15, 0.2) is 48.5 Å². The van der Waals surface area contributed by atoms with Crippen molar-refractivity contribution in [2.24, 2.45) is 5.73 Å². The Bertz CT molecular complexity index is 799. The maximum Gasteiger partial charge on any atom is 0.231 e. The van der Waals surface area contributed by atoms with Gasteiger partial charge in [0.1, 0.15) is 0 Å². The summed E-state index contributed by atoms with van der Waals surface area (Å²) >= 11 is 0. The van der Waals surface area contributed by atoms with Gasteiger partial charge in [-0.2, -0.15) is 0 Å². The van der Waals surface area contributed by atoms with Crippen LogP contribution in [0.1, 0.15) is 37.3 Å². The molecule has 0 aliphatic carbocycles. The molecule has 1 atom stereocenters. The Hall–Kier alpha value is -2.66. The minimum Gasteiger partial charge on any atom is -0.328 e. The Kier molecular flexibility index (Phi) is 6.24. The third kappa shape index (κ3) is 5.17. The molecule has 0 saturated heterocycles. The zero-order chi connectivity index (χ0) is 19.2. The van der Waals surface area contributed by atoms with Crippen LogP contribution in [-0.4, -0.2) is 24.4 Å². The second-order valence-electron chi connectivity index (χ2n) is 7.22. The lowest BCUT2D eigenvalue weighted by molar-refractivity contribution is -0.118. The van der Waals surface area contributed by atoms with E-state index in [1.807, 2.05) is 54.3 Å². The SMILES string of the molecule is CC(N)CCC(=O)Nc1ccc(CC(=O)N2CCCc3ccccc32)cc1. The summed E-state index contributed by atoms with van der Waals surface area (Å²) in [6, 6.07) is 15.6. The molecular weight excluding hydrogens is 338 g/mol. The number of fused-ring (bicyclic) bond motifs is 1. The van der Waals surface area contributed by atoms with Crippen LogP contribution in [0.4, 0.5) is 11.4 Å². The van der Waals surface area contributed by atoms with E-state index in [2.05, 4.69) is 11.4 Å². The third-order valence-corrected chi connectivity index (χ3v) is 4.83. The number of aryl methyl sites for hydroxylation is 1. The van der Waals surface area contributed by atoms with Gasteiger partial charge in [0.2, 0.25) is 11.8 Å². The first-order valence-corrected chi connectivity index (χ1v) is 9.55. The number of para-hydroxylation sites is 1. The monoisotopic (exact) mass is 365 g/mol. The largest absolute Gasteiger partial charge is 0.328 e. The number of nitrogens with zero attached hydrogens (tertiary/aromatic N) is 1. The summed E-state index contributed by atoms with van der Waals surface area (Å²) in [6.45, 7) is 2.66. The lowest BCUT2D eigenvalue weighted by atomic mass is 10.0. The molecule has 1 aliphatic heterocycles. The number of carbonyl (C=O) groups excluding carboxylic acids is 2. The van der Waals surface area contributed by atoms with Crippen LogP contribution in [0.2, 0.25) is 0 Å². The van der Waals surface area contributed by atoms with Crippen molar-refractivity contribution < 1.29 is 9.59 Å². The van der Waals surface area contributed by atoms with E-state index in [-0.39, 0.29) is 17.9 Å². The number of benzene rings is 2. The molecule has 1 unspecified atom stereocenters. The lowest BCUT2D eigenvalue weighted by Crippen LogP contribution is -2.36. The Morgan fingerprint density at radius 1 is 1.15 bits per heavy atom. The summed E-state index contributed by atoms with van der Waals surface area (Å²) in [5.41, 5.74) is 9.63. The molecule has 5 nitrogen and oxygen atoms in total. The van der Waals surface area contributed by atoms with Crippen molar-refractivity contribution in [3.05, 3.63) is 59.7 Å². The van der Waals surface area contributed by atoms with Gasteiger partial charge in [0, 0.05) is 30.4 Å². The highest BCUT2D eigenvalue weighted by Gasteiger charge is 2.22. The summed E-state index contributed by atoms with van der Waals surface area (Å²) in [4.78, 5) is 26.6. The second-order valence-corrected chi connectivity index (χ2v) is 7.22. The molecule has 3 rings (SSSR count). The first-order chi connectivity index (χ1) is 13.0. The highest BCUT2D eigenvalue weighted by atomic mass is 16.2. The molecule has 0 fully saturated rings. The van der Waals surface area contributed by atoms with E-state index in [9.17, 15) is 9.59 Å². The molecule has 0 aromatic heterocycles. The number of rotatable bonds is 6. The first-order valence-electron chi connectivity index (χ1n) is 9.55. The van der Waals surface area contributed by atoms with Crippen molar-refractivity contribution in [2.75, 3.05) is 16.8 Å². The molecule has 5 heteroatoms. The van der Waals surface area contributed by atoms with Crippen LogP contribution < -0.4 is 16.0 Å². The molecule has 1 aliphatic rings. The Morgan fingerprint density at radius 3 is 2.63 bits per heavy atom. The van der Waals surface area contributed by atoms with Gasteiger partial charge in [0.05, 0.1) is 6.42 Å². The molecule has 142 valence electrons. The van der Waals surface area contributed by atoms with Crippen LogP contribution in [0.3, 0.4) is 0 Å². The van der Waals surface area contributed by atoms with Crippen LogP contribution >= 0.6 is 0 Å². The van der Waals surface area contributed by atoms with Gasteiger partial charge in [-0.1, -0.05) is 30.3 Å². The quantitative estimate of drug-likeness (QED) is 0.825. The van der Waals surface area contributed by atoms with Crippen LogP contribution in [0.5, 0.6) is 0 Å². The highest BCUT2D eigenvalue weighted by molar-refractivity contribution is 5.96. The Morgan fingerprint density at radius 2 is 1.89 bits per heavy atom. The van der Waals surface area contributed by atoms with Gasteiger partial charge in [-0.15, -0.1) is 0 Å². The molecule has 2 aromatic rings. The molecule has 2 amide bonds. The van der Waals surface area contributed by atoms with Crippen LogP contribution in [0, 0.1) is 0 Å². The number of carbonyl (C=O) groups is 2. The van der Waals surface area contributed by atoms with E-state index in [1.165, 1.54) is 5.56 Å². The number of amides is 2. The maximum absolute atomic E-state index is 12.8. The number of nitrogens with one attached hydrogen (secondary N) is 1. The van der Waals surface area contributed by atoms with Crippen LogP contribution in [0.25, 0.3) is 0 Å². The molecule has 0 spiro atoms. The smallest absolute Gasteiger partial charge is 0.231 e. The predicted octanol–water partition coefficient (Wildman–Crippen LogP) is 3.27. The fourth-order valence-electron chi connectivity index (χ4n) is 3.35. The van der Waals surface area contributed by atoms with Gasteiger partial charge >= 0.3 is 0 Å². The van der Waals surface area contributed by atoms with E-state index >= 15 is 0 Å². The lowest BCUT2D eigenvalue weighted by Gasteiger charge is -2.29. The number of hydrogen-bond acceptors (Lipinski definition) is 3. The van der Waals surface area contributed by atoms with Crippen molar-refractivity contribution in [3.8, 4) is 0 Å². The molecular formula is C22H27N3O2. The molecule has 0 radical (unpaired) electrons.